The Balaban J connectivity index is 2.37. The first-order valence-corrected chi connectivity index (χ1v) is 8.28. The zero-order chi connectivity index (χ0) is 15.3. The molecule has 0 aliphatic rings. The third-order valence-corrected chi connectivity index (χ3v) is 3.33. The van der Waals surface area contributed by atoms with Crippen LogP contribution in [0.4, 0.5) is 4.39 Å². The van der Waals surface area contributed by atoms with Crippen LogP contribution in [0.2, 0.25) is 0 Å². The highest BCUT2D eigenvalue weighted by Crippen LogP contribution is 2.19. The number of hydrogen-bond donors (Lipinski definition) is 0. The van der Waals surface area contributed by atoms with Crippen molar-refractivity contribution in [1.82, 2.24) is 0 Å². The molecule has 0 radical (unpaired) electrons. The molecule has 0 aliphatic heterocycles. The van der Waals surface area contributed by atoms with E-state index in [1.807, 2.05) is 0 Å². The summed E-state index contributed by atoms with van der Waals surface area (Å²) in [5.74, 6) is 6.36. The Kier molecular flexibility index (Phi) is 9.74. The van der Waals surface area contributed by atoms with Gasteiger partial charge in [0, 0.05) is 17.9 Å². The fourth-order valence-corrected chi connectivity index (χ4v) is 2.06. The molecule has 0 aliphatic carbocycles. The van der Waals surface area contributed by atoms with E-state index in [1.54, 1.807) is 12.1 Å². The van der Waals surface area contributed by atoms with Crippen LogP contribution in [0.25, 0.3) is 0 Å². The zero-order valence-electron chi connectivity index (χ0n) is 12.8. The van der Waals surface area contributed by atoms with Crippen LogP contribution in [-0.2, 0) is 0 Å². The summed E-state index contributed by atoms with van der Waals surface area (Å²) in [5.41, 5.74) is 0.763. The summed E-state index contributed by atoms with van der Waals surface area (Å²) < 4.78 is 19.2. The molecule has 0 aromatic heterocycles. The van der Waals surface area contributed by atoms with Gasteiger partial charge in [-0.05, 0) is 24.6 Å². The van der Waals surface area contributed by atoms with E-state index in [0.29, 0.717) is 24.7 Å². The number of benzene rings is 1. The second-order valence-electron chi connectivity index (χ2n) is 5.00. The van der Waals surface area contributed by atoms with Crippen molar-refractivity contribution in [2.75, 3.05) is 12.5 Å². The maximum absolute atomic E-state index is 13.6. The van der Waals surface area contributed by atoms with E-state index in [-0.39, 0.29) is 5.82 Å². The molecule has 0 fully saturated rings. The minimum atomic E-state index is -0.330. The highest BCUT2D eigenvalue weighted by Gasteiger charge is 2.03. The molecule has 116 valence electrons. The van der Waals surface area contributed by atoms with Gasteiger partial charge in [-0.15, -0.1) is 11.6 Å². The first-order valence-electron chi connectivity index (χ1n) is 7.75. The summed E-state index contributed by atoms with van der Waals surface area (Å²) >= 11 is 5.57. The van der Waals surface area contributed by atoms with Crippen molar-refractivity contribution in [3.63, 3.8) is 0 Å². The molecule has 1 rings (SSSR count). The van der Waals surface area contributed by atoms with Gasteiger partial charge in [0.05, 0.1) is 6.61 Å². The Labute approximate surface area is 132 Å². The summed E-state index contributed by atoms with van der Waals surface area (Å²) in [7, 11) is 0. The van der Waals surface area contributed by atoms with Crippen LogP contribution < -0.4 is 4.74 Å². The minimum Gasteiger partial charge on any atom is -0.490 e. The van der Waals surface area contributed by atoms with Gasteiger partial charge in [0.1, 0.15) is 0 Å². The van der Waals surface area contributed by atoms with Crippen molar-refractivity contribution in [1.29, 1.82) is 0 Å². The number of alkyl halides is 1. The van der Waals surface area contributed by atoms with Gasteiger partial charge in [-0.3, -0.25) is 0 Å². The van der Waals surface area contributed by atoms with Crippen molar-refractivity contribution >= 4 is 11.6 Å². The van der Waals surface area contributed by atoms with E-state index in [4.69, 9.17) is 16.3 Å². The molecule has 0 atom stereocenters. The molecule has 21 heavy (non-hydrogen) atoms. The van der Waals surface area contributed by atoms with Gasteiger partial charge >= 0.3 is 0 Å². The van der Waals surface area contributed by atoms with Crippen LogP contribution >= 0.6 is 11.6 Å². The predicted octanol–water partition coefficient (Wildman–Crippen LogP) is 5.55. The third kappa shape index (κ3) is 7.97. The Morgan fingerprint density at radius 3 is 2.67 bits per heavy atom. The van der Waals surface area contributed by atoms with Gasteiger partial charge in [-0.2, -0.15) is 0 Å². The molecule has 0 bridgehead atoms. The molecule has 0 amide bonds. The van der Waals surface area contributed by atoms with Gasteiger partial charge in [-0.25, -0.2) is 4.39 Å². The lowest BCUT2D eigenvalue weighted by Gasteiger charge is -2.07. The van der Waals surface area contributed by atoms with Gasteiger partial charge in [0.15, 0.2) is 11.6 Å². The number of hydrogen-bond acceptors (Lipinski definition) is 1. The van der Waals surface area contributed by atoms with E-state index in [9.17, 15) is 4.39 Å². The standard InChI is InChI=1S/C18H24ClFO/c1-2-3-4-5-6-9-14-21-18-15-16(10-7-8-13-19)11-12-17(18)20/h11-12,15H,2-6,8-9,13-14H2,1H3. The van der Waals surface area contributed by atoms with Crippen molar-refractivity contribution < 1.29 is 9.13 Å². The Morgan fingerprint density at radius 2 is 1.90 bits per heavy atom. The van der Waals surface area contributed by atoms with Crippen LogP contribution in [0.15, 0.2) is 18.2 Å². The highest BCUT2D eigenvalue weighted by atomic mass is 35.5. The van der Waals surface area contributed by atoms with Crippen LogP contribution in [0, 0.1) is 17.7 Å². The van der Waals surface area contributed by atoms with E-state index in [1.165, 1.54) is 31.7 Å². The fourth-order valence-electron chi connectivity index (χ4n) is 1.97. The smallest absolute Gasteiger partial charge is 0.165 e. The van der Waals surface area contributed by atoms with E-state index in [0.717, 1.165) is 18.4 Å². The monoisotopic (exact) mass is 310 g/mol. The van der Waals surface area contributed by atoms with Gasteiger partial charge < -0.3 is 4.74 Å². The summed E-state index contributed by atoms with van der Waals surface area (Å²) in [6, 6.07) is 4.73. The van der Waals surface area contributed by atoms with E-state index < -0.39 is 0 Å². The second kappa shape index (κ2) is 11.5. The number of ether oxygens (including phenoxy) is 1. The van der Waals surface area contributed by atoms with Crippen LogP contribution in [0.1, 0.15) is 57.4 Å². The Morgan fingerprint density at radius 1 is 1.14 bits per heavy atom. The molecular weight excluding hydrogens is 287 g/mol. The lowest BCUT2D eigenvalue weighted by atomic mass is 10.1. The summed E-state index contributed by atoms with van der Waals surface area (Å²) in [5, 5.41) is 0. The molecule has 0 N–H and O–H groups in total. The lowest BCUT2D eigenvalue weighted by Crippen LogP contribution is -1.99. The molecule has 0 spiro atoms. The van der Waals surface area contributed by atoms with Crippen molar-refractivity contribution in [2.45, 2.75) is 51.9 Å². The van der Waals surface area contributed by atoms with Crippen LogP contribution in [0.3, 0.4) is 0 Å². The first-order chi connectivity index (χ1) is 10.3. The third-order valence-electron chi connectivity index (χ3n) is 3.14. The maximum atomic E-state index is 13.6. The quantitative estimate of drug-likeness (QED) is 0.330. The average Bonchev–Trinajstić information content (AvgIpc) is 2.49. The van der Waals surface area contributed by atoms with Crippen LogP contribution in [0.5, 0.6) is 5.75 Å². The molecule has 1 aromatic carbocycles. The van der Waals surface area contributed by atoms with Gasteiger partial charge in [0.25, 0.3) is 0 Å². The molecule has 1 nitrogen and oxygen atoms in total. The molecular formula is C18H24ClFO. The largest absolute Gasteiger partial charge is 0.490 e. The highest BCUT2D eigenvalue weighted by molar-refractivity contribution is 6.18. The molecule has 0 unspecified atom stereocenters. The lowest BCUT2D eigenvalue weighted by molar-refractivity contribution is 0.290. The topological polar surface area (TPSA) is 9.23 Å². The van der Waals surface area contributed by atoms with Crippen molar-refractivity contribution in [3.8, 4) is 17.6 Å². The van der Waals surface area contributed by atoms with Crippen molar-refractivity contribution in [2.24, 2.45) is 0 Å². The van der Waals surface area contributed by atoms with E-state index in [2.05, 4.69) is 18.8 Å². The summed E-state index contributed by atoms with van der Waals surface area (Å²) in [6.07, 6.45) is 7.77. The molecule has 0 saturated heterocycles. The fraction of sp³-hybridized carbons (Fsp3) is 0.556. The number of rotatable bonds is 9. The second-order valence-corrected chi connectivity index (χ2v) is 5.38. The minimum absolute atomic E-state index is 0.293. The summed E-state index contributed by atoms with van der Waals surface area (Å²) in [4.78, 5) is 0. The van der Waals surface area contributed by atoms with Gasteiger partial charge in [0.2, 0.25) is 0 Å². The van der Waals surface area contributed by atoms with E-state index >= 15 is 0 Å². The normalized spacial score (nSPS) is 10.0. The predicted molar refractivity (Wildman–Crippen MR) is 87.5 cm³/mol. The Bertz CT molecular complexity index is 462. The number of unbranched alkanes of at least 4 members (excludes halogenated alkanes) is 5. The number of halogens is 2. The maximum Gasteiger partial charge on any atom is 0.165 e. The molecule has 1 aromatic rings. The zero-order valence-corrected chi connectivity index (χ0v) is 13.5. The average molecular weight is 311 g/mol. The first kappa shape index (κ1) is 17.9. The molecule has 0 heterocycles. The SMILES string of the molecule is CCCCCCCCOc1cc(C#CCCCl)ccc1F. The Hall–Kier alpha value is -1.20. The summed E-state index contributed by atoms with van der Waals surface area (Å²) in [6.45, 7) is 2.76. The van der Waals surface area contributed by atoms with Crippen LogP contribution in [-0.4, -0.2) is 12.5 Å². The van der Waals surface area contributed by atoms with Crippen molar-refractivity contribution in [3.05, 3.63) is 29.6 Å². The van der Waals surface area contributed by atoms with Gasteiger partial charge in [-0.1, -0.05) is 50.9 Å². The molecule has 0 saturated carbocycles. The molecule has 3 heteroatoms.